The molecule has 1 saturated heterocycles. The van der Waals surface area contributed by atoms with E-state index in [0.717, 1.165) is 11.0 Å². The van der Waals surface area contributed by atoms with Gasteiger partial charge in [-0.3, -0.25) is 39.0 Å². The minimum absolute atomic E-state index is 0.00966. The number of pyridine rings is 1. The fraction of sp³-hybridized carbons (Fsp3) is 0.265. The molecule has 17 heteroatoms. The van der Waals surface area contributed by atoms with Crippen LogP contribution in [0.4, 0.5) is 26.0 Å². The van der Waals surface area contributed by atoms with Crippen LogP contribution < -0.4 is 21.3 Å². The van der Waals surface area contributed by atoms with Crippen LogP contribution in [0.2, 0.25) is 0 Å². The average Bonchev–Trinajstić information content (AvgIpc) is 3.68. The lowest BCUT2D eigenvalue weighted by molar-refractivity contribution is -0.136. The van der Waals surface area contributed by atoms with Crippen LogP contribution in [0.3, 0.4) is 0 Å². The molecule has 4 aromatic rings. The van der Waals surface area contributed by atoms with Crippen molar-refractivity contribution < 1.29 is 37.5 Å². The highest BCUT2D eigenvalue weighted by Crippen LogP contribution is 2.32. The molecule has 4 N–H and O–H groups in total. The second-order valence-corrected chi connectivity index (χ2v) is 12.1. The molecule has 2 aliphatic heterocycles. The van der Waals surface area contributed by atoms with Gasteiger partial charge in [0.15, 0.2) is 5.82 Å². The molecule has 51 heavy (non-hydrogen) atoms. The van der Waals surface area contributed by atoms with E-state index < -0.39 is 64.4 Å². The van der Waals surface area contributed by atoms with E-state index in [9.17, 15) is 37.5 Å². The molecule has 262 valence electrons. The van der Waals surface area contributed by atoms with Crippen molar-refractivity contribution in [3.8, 4) is 11.5 Å². The van der Waals surface area contributed by atoms with Crippen molar-refractivity contribution in [3.63, 3.8) is 0 Å². The summed E-state index contributed by atoms with van der Waals surface area (Å²) < 4.78 is 31.2. The quantitative estimate of drug-likeness (QED) is 0.132. The molecule has 1 atom stereocenters. The highest BCUT2D eigenvalue weighted by Gasteiger charge is 2.45. The molecule has 6 rings (SSSR count). The number of hydrogen-bond acceptors (Lipinski definition) is 10. The van der Waals surface area contributed by atoms with E-state index in [1.54, 1.807) is 35.2 Å². The van der Waals surface area contributed by atoms with Gasteiger partial charge in [-0.1, -0.05) is 12.1 Å². The van der Waals surface area contributed by atoms with Gasteiger partial charge in [0, 0.05) is 37.2 Å². The summed E-state index contributed by atoms with van der Waals surface area (Å²) in [6.45, 7) is 4.03. The SMILES string of the molecule is CC(C)n1cnnc1-c1cccc(NC(=O)c2cc(NC(=O)CCCNc3cccc4c3C(=O)N(C3CCC(=O)NC3=O)C4=O)c(F)cc2F)n1. The zero-order valence-electron chi connectivity index (χ0n) is 27.3. The number of halogens is 2. The van der Waals surface area contributed by atoms with Crippen LogP contribution in [-0.4, -0.2) is 72.7 Å². The van der Waals surface area contributed by atoms with Crippen molar-refractivity contribution in [2.24, 2.45) is 0 Å². The largest absolute Gasteiger partial charge is 0.384 e. The number of benzene rings is 2. The number of imide groups is 2. The third-order valence-electron chi connectivity index (χ3n) is 8.29. The highest BCUT2D eigenvalue weighted by molar-refractivity contribution is 6.25. The molecule has 0 bridgehead atoms. The number of hydrogen-bond donors (Lipinski definition) is 4. The minimum atomic E-state index is -1.15. The predicted octanol–water partition coefficient (Wildman–Crippen LogP) is 3.68. The maximum atomic E-state index is 14.7. The first kappa shape index (κ1) is 34.5. The number of carbonyl (C=O) groups excluding carboxylic acids is 6. The molecule has 1 unspecified atom stereocenters. The summed E-state index contributed by atoms with van der Waals surface area (Å²) in [5.41, 5.74) is -0.0657. The average molecular weight is 700 g/mol. The number of nitrogens with one attached hydrogen (secondary N) is 4. The third kappa shape index (κ3) is 7.03. The number of anilines is 3. The number of fused-ring (bicyclic) bond motifs is 1. The van der Waals surface area contributed by atoms with Crippen molar-refractivity contribution >= 4 is 52.6 Å². The van der Waals surface area contributed by atoms with Crippen LogP contribution in [0.5, 0.6) is 0 Å². The lowest BCUT2D eigenvalue weighted by Gasteiger charge is -2.27. The van der Waals surface area contributed by atoms with Crippen LogP contribution in [0.15, 0.2) is 54.9 Å². The summed E-state index contributed by atoms with van der Waals surface area (Å²) in [6.07, 6.45) is 1.62. The predicted molar refractivity (Wildman–Crippen MR) is 177 cm³/mol. The molecule has 2 aliphatic rings. The van der Waals surface area contributed by atoms with Crippen molar-refractivity contribution in [1.29, 1.82) is 0 Å². The van der Waals surface area contributed by atoms with Crippen molar-refractivity contribution in [2.45, 2.75) is 51.6 Å². The van der Waals surface area contributed by atoms with E-state index in [2.05, 4.69) is 36.4 Å². The Balaban J connectivity index is 1.06. The highest BCUT2D eigenvalue weighted by atomic mass is 19.1. The second kappa shape index (κ2) is 14.2. The Hall–Kier alpha value is -6.39. The zero-order valence-corrected chi connectivity index (χ0v) is 27.3. The smallest absolute Gasteiger partial charge is 0.264 e. The van der Waals surface area contributed by atoms with Gasteiger partial charge in [0.1, 0.15) is 35.5 Å². The fourth-order valence-corrected chi connectivity index (χ4v) is 5.78. The summed E-state index contributed by atoms with van der Waals surface area (Å²) >= 11 is 0. The number of amides is 6. The van der Waals surface area contributed by atoms with E-state index in [-0.39, 0.29) is 55.2 Å². The van der Waals surface area contributed by atoms with Gasteiger partial charge in [0.25, 0.3) is 17.7 Å². The Morgan fingerprint density at radius 3 is 2.53 bits per heavy atom. The monoisotopic (exact) mass is 699 g/mol. The van der Waals surface area contributed by atoms with Crippen LogP contribution in [0.25, 0.3) is 11.5 Å². The molecular formula is C34H31F2N9O6. The Morgan fingerprint density at radius 1 is 0.980 bits per heavy atom. The lowest BCUT2D eigenvalue weighted by Crippen LogP contribution is -2.54. The Labute approximate surface area is 288 Å². The van der Waals surface area contributed by atoms with Gasteiger partial charge in [0.2, 0.25) is 17.7 Å². The standard InChI is InChI=1S/C34H31F2N9O6/c1-17(2)44-16-38-43-30(44)23-8-4-9-26(39-23)41-31(48)19-14-24(21(36)15-20(19)35)40-27(46)10-5-13-37-22-7-3-6-18-29(22)34(51)45(33(18)50)25-11-12-28(47)42-32(25)49/h3-4,6-9,14-17,25,37H,5,10-13H2,1-2H3,(H,40,46)(H,39,41,48)(H,42,47,49). The molecule has 2 aromatic heterocycles. The van der Waals surface area contributed by atoms with E-state index in [1.807, 2.05) is 13.8 Å². The second-order valence-electron chi connectivity index (χ2n) is 12.1. The summed E-state index contributed by atoms with van der Waals surface area (Å²) in [4.78, 5) is 81.2. The fourth-order valence-electron chi connectivity index (χ4n) is 5.78. The van der Waals surface area contributed by atoms with E-state index >= 15 is 0 Å². The van der Waals surface area contributed by atoms with E-state index in [0.29, 0.717) is 23.3 Å². The van der Waals surface area contributed by atoms with Crippen LogP contribution in [0, 0.1) is 11.6 Å². The minimum Gasteiger partial charge on any atom is -0.384 e. The Bertz CT molecular complexity index is 2100. The normalized spacial score (nSPS) is 15.5. The molecule has 0 spiro atoms. The van der Waals surface area contributed by atoms with Gasteiger partial charge < -0.3 is 20.5 Å². The number of nitrogens with zero attached hydrogens (tertiary/aromatic N) is 5. The van der Waals surface area contributed by atoms with Gasteiger partial charge in [-0.15, -0.1) is 10.2 Å². The summed E-state index contributed by atoms with van der Waals surface area (Å²) in [5.74, 6) is -5.80. The van der Waals surface area contributed by atoms with Crippen molar-refractivity contribution in [3.05, 3.63) is 83.2 Å². The topological polar surface area (TPSA) is 197 Å². The molecule has 15 nitrogen and oxygen atoms in total. The number of piperidine rings is 1. The Kier molecular flexibility index (Phi) is 9.61. The zero-order chi connectivity index (χ0) is 36.4. The molecule has 6 amide bonds. The maximum absolute atomic E-state index is 14.7. The number of aromatic nitrogens is 4. The van der Waals surface area contributed by atoms with Crippen LogP contribution in [-0.2, 0) is 14.4 Å². The molecule has 4 heterocycles. The van der Waals surface area contributed by atoms with Gasteiger partial charge in [0.05, 0.1) is 22.4 Å². The van der Waals surface area contributed by atoms with Gasteiger partial charge in [-0.25, -0.2) is 13.8 Å². The Morgan fingerprint density at radius 2 is 1.76 bits per heavy atom. The number of rotatable bonds is 11. The van der Waals surface area contributed by atoms with Gasteiger partial charge >= 0.3 is 0 Å². The number of carbonyl (C=O) groups is 6. The molecule has 2 aromatic carbocycles. The summed E-state index contributed by atoms with van der Waals surface area (Å²) in [7, 11) is 0. The lowest BCUT2D eigenvalue weighted by atomic mass is 10.0. The molecular weight excluding hydrogens is 668 g/mol. The van der Waals surface area contributed by atoms with Crippen molar-refractivity contribution in [1.82, 2.24) is 30.0 Å². The van der Waals surface area contributed by atoms with E-state index in [1.165, 1.54) is 12.1 Å². The summed E-state index contributed by atoms with van der Waals surface area (Å²) in [6, 6.07) is 9.68. The first-order chi connectivity index (χ1) is 24.4. The van der Waals surface area contributed by atoms with Gasteiger partial charge in [-0.05, 0) is 57.0 Å². The van der Waals surface area contributed by atoms with E-state index in [4.69, 9.17) is 0 Å². The van der Waals surface area contributed by atoms with Crippen LogP contribution >= 0.6 is 0 Å². The van der Waals surface area contributed by atoms with Crippen LogP contribution in [0.1, 0.15) is 76.6 Å². The first-order valence-corrected chi connectivity index (χ1v) is 16.0. The molecule has 1 fully saturated rings. The molecule has 0 radical (unpaired) electrons. The summed E-state index contributed by atoms with van der Waals surface area (Å²) in [5, 5.41) is 18.0. The third-order valence-corrected chi connectivity index (χ3v) is 8.29. The molecule has 0 saturated carbocycles. The molecule has 0 aliphatic carbocycles. The van der Waals surface area contributed by atoms with Gasteiger partial charge in [-0.2, -0.15) is 0 Å². The van der Waals surface area contributed by atoms with Crippen molar-refractivity contribution in [2.75, 3.05) is 22.5 Å². The maximum Gasteiger partial charge on any atom is 0.264 e. The first-order valence-electron chi connectivity index (χ1n) is 16.0.